The summed E-state index contributed by atoms with van der Waals surface area (Å²) >= 11 is 0. The molecule has 0 fully saturated rings. The summed E-state index contributed by atoms with van der Waals surface area (Å²) in [5, 5.41) is 1.97. The minimum absolute atomic E-state index is 0.331. The second-order valence-electron chi connectivity index (χ2n) is 12.7. The van der Waals surface area contributed by atoms with Crippen LogP contribution in [0.4, 0.5) is 17.1 Å². The van der Waals surface area contributed by atoms with Crippen LogP contribution in [0.5, 0.6) is 0 Å². The van der Waals surface area contributed by atoms with Gasteiger partial charge in [0.2, 0.25) is 0 Å². The first kappa shape index (κ1) is 30.5. The number of amides is 2. The van der Waals surface area contributed by atoms with E-state index in [0.717, 1.165) is 55.2 Å². The predicted molar refractivity (Wildman–Crippen MR) is 207 cm³/mol. The van der Waals surface area contributed by atoms with Crippen LogP contribution in [0.25, 0.3) is 70.6 Å². The molecular weight excluding hydrogens is 641 g/mol. The number of rotatable bonds is 5. The molecule has 1 aliphatic heterocycles. The van der Waals surface area contributed by atoms with Gasteiger partial charge in [-0.05, 0) is 64.2 Å². The van der Waals surface area contributed by atoms with Crippen LogP contribution in [0.3, 0.4) is 0 Å². The smallest absolute Gasteiger partial charge is 0.268 e. The molecule has 52 heavy (non-hydrogen) atoms. The number of fused-ring (bicyclic) bond motifs is 4. The first-order valence-corrected chi connectivity index (χ1v) is 16.7. The Balaban J connectivity index is 1.24. The number of para-hydroxylation sites is 1. The van der Waals surface area contributed by atoms with Crippen LogP contribution < -0.4 is 4.90 Å². The van der Waals surface area contributed by atoms with Crippen molar-refractivity contribution in [3.05, 3.63) is 192 Å². The van der Waals surface area contributed by atoms with Gasteiger partial charge in [0, 0.05) is 16.3 Å². The third kappa shape index (κ3) is 4.79. The molecule has 0 atom stereocenters. The lowest BCUT2D eigenvalue weighted by Crippen LogP contribution is -2.30. The van der Waals surface area contributed by atoms with E-state index in [9.17, 15) is 9.59 Å². The van der Waals surface area contributed by atoms with Crippen LogP contribution in [0.15, 0.2) is 158 Å². The second kappa shape index (κ2) is 12.1. The lowest BCUT2D eigenvalue weighted by atomic mass is 9.97. The number of carbonyl (C=O) groups excluding carboxylic acids is 2. The maximum atomic E-state index is 14.8. The summed E-state index contributed by atoms with van der Waals surface area (Å²) < 4.78 is 2.05. The van der Waals surface area contributed by atoms with Crippen molar-refractivity contribution >= 4 is 50.7 Å². The standard InChI is InChI=1S/C46H26N4O2/c1-47-34-24-33(25-35(28-34)48-2)32-20-22-37-36-16-9-10-18-40(36)49(43(37)27-32)42-19-11-17-38-44(42)46(52)50(45(38)51)41-23-21-31(29-12-5-3-6-13-29)26-39(41)30-14-7-4-8-15-30/h3-28H. The van der Waals surface area contributed by atoms with Gasteiger partial charge in [0.05, 0.1) is 46.7 Å². The zero-order chi connectivity index (χ0) is 35.3. The number of hydrogen-bond acceptors (Lipinski definition) is 2. The van der Waals surface area contributed by atoms with E-state index in [-0.39, 0.29) is 5.91 Å². The number of nitrogens with zero attached hydrogens (tertiary/aromatic N) is 4. The number of carbonyl (C=O) groups is 2. The molecular formula is C46H26N4O2. The molecule has 0 saturated heterocycles. The Morgan fingerprint density at radius 3 is 1.79 bits per heavy atom. The fraction of sp³-hybridized carbons (Fsp3) is 0. The highest BCUT2D eigenvalue weighted by Gasteiger charge is 2.40. The summed E-state index contributed by atoms with van der Waals surface area (Å²) in [6.07, 6.45) is 0. The van der Waals surface area contributed by atoms with Crippen LogP contribution in [-0.2, 0) is 0 Å². The second-order valence-corrected chi connectivity index (χ2v) is 12.7. The van der Waals surface area contributed by atoms with Crippen LogP contribution in [0.1, 0.15) is 20.7 Å². The van der Waals surface area contributed by atoms with Gasteiger partial charge in [0.15, 0.2) is 11.4 Å². The Morgan fingerprint density at radius 1 is 0.423 bits per heavy atom. The summed E-state index contributed by atoms with van der Waals surface area (Å²) in [5.74, 6) is -0.774. The number of anilines is 1. The van der Waals surface area contributed by atoms with E-state index in [0.29, 0.717) is 33.9 Å². The monoisotopic (exact) mass is 666 g/mol. The molecule has 0 saturated carbocycles. The van der Waals surface area contributed by atoms with Crippen LogP contribution in [-0.4, -0.2) is 16.4 Å². The normalized spacial score (nSPS) is 12.2. The first-order chi connectivity index (χ1) is 25.5. The van der Waals surface area contributed by atoms with Crippen molar-refractivity contribution in [3.8, 4) is 39.1 Å². The van der Waals surface area contributed by atoms with Gasteiger partial charge in [0.1, 0.15) is 0 Å². The summed E-state index contributed by atoms with van der Waals surface area (Å²) in [6.45, 7) is 15.2. The van der Waals surface area contributed by atoms with Crippen LogP contribution in [0.2, 0.25) is 0 Å². The maximum absolute atomic E-state index is 14.8. The molecule has 1 aromatic heterocycles. The minimum atomic E-state index is -0.395. The Hall–Kier alpha value is -7.54. The molecule has 9 rings (SSSR count). The molecule has 0 unspecified atom stereocenters. The quantitative estimate of drug-likeness (QED) is 0.136. The highest BCUT2D eigenvalue weighted by Crippen LogP contribution is 2.42. The zero-order valence-electron chi connectivity index (χ0n) is 27.6. The zero-order valence-corrected chi connectivity index (χ0v) is 27.6. The van der Waals surface area contributed by atoms with Gasteiger partial charge >= 0.3 is 0 Å². The lowest BCUT2D eigenvalue weighted by Gasteiger charge is -2.20. The van der Waals surface area contributed by atoms with E-state index < -0.39 is 5.91 Å². The molecule has 6 heteroatoms. The van der Waals surface area contributed by atoms with E-state index in [1.54, 1.807) is 24.3 Å². The van der Waals surface area contributed by atoms with Crippen molar-refractivity contribution in [2.75, 3.05) is 4.90 Å². The van der Waals surface area contributed by atoms with Crippen molar-refractivity contribution in [2.45, 2.75) is 0 Å². The number of benzene rings is 7. The topological polar surface area (TPSA) is 51.0 Å². The Morgan fingerprint density at radius 2 is 1.06 bits per heavy atom. The molecule has 2 heterocycles. The molecule has 242 valence electrons. The molecule has 2 amide bonds. The van der Waals surface area contributed by atoms with Gasteiger partial charge < -0.3 is 4.57 Å². The van der Waals surface area contributed by atoms with Gasteiger partial charge in [-0.15, -0.1) is 0 Å². The Bertz CT molecular complexity index is 2830. The van der Waals surface area contributed by atoms with E-state index in [1.807, 2.05) is 138 Å². The minimum Gasteiger partial charge on any atom is -0.308 e. The molecule has 6 nitrogen and oxygen atoms in total. The SMILES string of the molecule is [C-]#[N+]c1cc([N+]#[C-])cc(-c2ccc3c4ccccc4n(-c4cccc5c4C(=O)N(c4ccc(-c6ccccc6)cc4-c4ccccc4)C5=O)c3c2)c1. The summed E-state index contributed by atoms with van der Waals surface area (Å²) in [4.78, 5) is 37.7. The average Bonchev–Trinajstić information content (AvgIpc) is 3.67. The number of imide groups is 1. The van der Waals surface area contributed by atoms with Crippen LogP contribution >= 0.6 is 0 Å². The highest BCUT2D eigenvalue weighted by atomic mass is 16.2. The van der Waals surface area contributed by atoms with Gasteiger partial charge in [0.25, 0.3) is 11.8 Å². The fourth-order valence-corrected chi connectivity index (χ4v) is 7.36. The summed E-state index contributed by atoms with van der Waals surface area (Å²) in [5.41, 5.74) is 9.54. The fourth-order valence-electron chi connectivity index (χ4n) is 7.36. The average molecular weight is 667 g/mol. The molecule has 0 radical (unpaired) electrons. The van der Waals surface area contributed by atoms with Crippen molar-refractivity contribution in [1.29, 1.82) is 0 Å². The summed E-state index contributed by atoms with van der Waals surface area (Å²) in [7, 11) is 0. The van der Waals surface area contributed by atoms with E-state index >= 15 is 0 Å². The molecule has 1 aliphatic rings. The Labute approximate surface area is 299 Å². The van der Waals surface area contributed by atoms with Gasteiger partial charge in [-0.3, -0.25) is 9.59 Å². The molecule has 7 aromatic carbocycles. The van der Waals surface area contributed by atoms with E-state index in [4.69, 9.17) is 13.1 Å². The lowest BCUT2D eigenvalue weighted by molar-refractivity contribution is 0.0926. The van der Waals surface area contributed by atoms with E-state index in [2.05, 4.69) is 9.69 Å². The molecule has 0 bridgehead atoms. The predicted octanol–water partition coefficient (Wildman–Crippen LogP) is 11.7. The van der Waals surface area contributed by atoms with Crippen molar-refractivity contribution in [3.63, 3.8) is 0 Å². The molecule has 0 N–H and O–H groups in total. The van der Waals surface area contributed by atoms with Crippen molar-refractivity contribution in [2.24, 2.45) is 0 Å². The number of aromatic nitrogens is 1. The first-order valence-electron chi connectivity index (χ1n) is 16.7. The van der Waals surface area contributed by atoms with Crippen molar-refractivity contribution < 1.29 is 9.59 Å². The van der Waals surface area contributed by atoms with Crippen LogP contribution in [0, 0.1) is 13.1 Å². The molecule has 8 aromatic rings. The van der Waals surface area contributed by atoms with E-state index in [1.165, 1.54) is 4.90 Å². The van der Waals surface area contributed by atoms with Crippen molar-refractivity contribution in [1.82, 2.24) is 4.57 Å². The maximum Gasteiger partial charge on any atom is 0.268 e. The molecule has 0 aliphatic carbocycles. The van der Waals surface area contributed by atoms with Gasteiger partial charge in [-0.25, -0.2) is 14.6 Å². The highest BCUT2D eigenvalue weighted by molar-refractivity contribution is 6.36. The Kier molecular flexibility index (Phi) is 7.10. The number of hydrogen-bond donors (Lipinski definition) is 0. The largest absolute Gasteiger partial charge is 0.308 e. The van der Waals surface area contributed by atoms with Gasteiger partial charge in [-0.2, -0.15) is 0 Å². The van der Waals surface area contributed by atoms with Gasteiger partial charge in [-0.1, -0.05) is 121 Å². The third-order valence-electron chi connectivity index (χ3n) is 9.73. The third-order valence-corrected chi connectivity index (χ3v) is 9.73. The summed E-state index contributed by atoms with van der Waals surface area (Å²) in [6, 6.07) is 50.4. The molecule has 0 spiro atoms.